The second kappa shape index (κ2) is 2.66. The van der Waals surface area contributed by atoms with Crippen LogP contribution in [0, 0.1) is 17.0 Å². The summed E-state index contributed by atoms with van der Waals surface area (Å²) in [6, 6.07) is 0. The third kappa shape index (κ3) is 1.43. The fourth-order valence-electron chi connectivity index (χ4n) is 2.12. The summed E-state index contributed by atoms with van der Waals surface area (Å²) in [4.78, 5) is 0. The standard InChI is InChI=1S/C11H19N2/c1-9(2,3)11(10(4,5)6)7-8-12-13-11/h7H,1-6H3. The lowest BCUT2D eigenvalue weighted by molar-refractivity contribution is 0.107. The van der Waals surface area contributed by atoms with E-state index in [1.807, 2.05) is 6.08 Å². The van der Waals surface area contributed by atoms with Gasteiger partial charge < -0.3 is 0 Å². The molecule has 0 atom stereocenters. The number of nitrogens with zero attached hydrogens (tertiary/aromatic N) is 2. The third-order valence-corrected chi connectivity index (χ3v) is 2.83. The Labute approximate surface area is 81.1 Å². The van der Waals surface area contributed by atoms with Crippen LogP contribution in [0.4, 0.5) is 0 Å². The van der Waals surface area contributed by atoms with Crippen LogP contribution in [-0.2, 0) is 0 Å². The van der Waals surface area contributed by atoms with E-state index in [0.29, 0.717) is 0 Å². The molecule has 1 rings (SSSR count). The fraction of sp³-hybridized carbons (Fsp3) is 0.818. The zero-order chi connectivity index (χ0) is 10.3. The SMILES string of the molecule is CC(C)(C)C1(C(C)(C)C)C=[C]N=N1. The molecule has 0 saturated heterocycles. The Hall–Kier alpha value is -0.660. The first-order valence-corrected chi connectivity index (χ1v) is 4.72. The quantitative estimate of drug-likeness (QED) is 0.543. The molecule has 1 aliphatic heterocycles. The molecule has 1 radical (unpaired) electrons. The Kier molecular flexibility index (Phi) is 2.13. The molecule has 2 nitrogen and oxygen atoms in total. The Bertz CT molecular complexity index is 220. The molecule has 0 aromatic heterocycles. The summed E-state index contributed by atoms with van der Waals surface area (Å²) in [7, 11) is 0. The second-order valence-corrected chi connectivity index (χ2v) is 5.74. The number of azo groups is 1. The zero-order valence-electron chi connectivity index (χ0n) is 9.47. The van der Waals surface area contributed by atoms with E-state index < -0.39 is 0 Å². The molecular formula is C11H19N2. The van der Waals surface area contributed by atoms with Crippen molar-refractivity contribution in [3.8, 4) is 0 Å². The van der Waals surface area contributed by atoms with Gasteiger partial charge in [0, 0.05) is 0 Å². The van der Waals surface area contributed by atoms with Gasteiger partial charge in [0.1, 0.15) is 11.7 Å². The lowest BCUT2D eigenvalue weighted by Gasteiger charge is -2.46. The van der Waals surface area contributed by atoms with Gasteiger partial charge in [0.25, 0.3) is 0 Å². The molecule has 0 spiro atoms. The van der Waals surface area contributed by atoms with Crippen LogP contribution in [-0.4, -0.2) is 5.54 Å². The predicted molar refractivity (Wildman–Crippen MR) is 54.3 cm³/mol. The molecule has 0 aliphatic carbocycles. The largest absolute Gasteiger partial charge is 0.176 e. The van der Waals surface area contributed by atoms with Crippen LogP contribution in [0.2, 0.25) is 0 Å². The molecule has 13 heavy (non-hydrogen) atoms. The van der Waals surface area contributed by atoms with Crippen LogP contribution in [0.5, 0.6) is 0 Å². The minimum absolute atomic E-state index is 0.0816. The van der Waals surface area contributed by atoms with Gasteiger partial charge in [0.05, 0.1) is 0 Å². The molecule has 0 aromatic carbocycles. The van der Waals surface area contributed by atoms with Gasteiger partial charge in [-0.3, -0.25) is 0 Å². The number of rotatable bonds is 0. The maximum Gasteiger partial charge on any atom is 0.112 e. The van der Waals surface area contributed by atoms with Crippen molar-refractivity contribution in [3.05, 3.63) is 12.3 Å². The fourth-order valence-corrected chi connectivity index (χ4v) is 2.12. The van der Waals surface area contributed by atoms with Gasteiger partial charge in [0.15, 0.2) is 0 Å². The highest BCUT2D eigenvalue weighted by Gasteiger charge is 2.50. The normalized spacial score (nSPS) is 21.1. The minimum atomic E-state index is -0.208. The molecular weight excluding hydrogens is 160 g/mol. The molecule has 0 fully saturated rings. The molecule has 0 bridgehead atoms. The van der Waals surface area contributed by atoms with E-state index in [1.165, 1.54) is 0 Å². The zero-order valence-corrected chi connectivity index (χ0v) is 9.47. The highest BCUT2D eigenvalue weighted by Crippen LogP contribution is 2.49. The van der Waals surface area contributed by atoms with Crippen molar-refractivity contribution in [2.24, 2.45) is 21.1 Å². The molecule has 0 N–H and O–H groups in total. The average Bonchev–Trinajstić information content (AvgIpc) is 2.28. The Balaban J connectivity index is 3.19. The Morgan fingerprint density at radius 3 is 1.62 bits per heavy atom. The summed E-state index contributed by atoms with van der Waals surface area (Å²) in [5, 5.41) is 8.26. The van der Waals surface area contributed by atoms with Gasteiger partial charge >= 0.3 is 0 Å². The van der Waals surface area contributed by atoms with Crippen molar-refractivity contribution in [2.75, 3.05) is 0 Å². The lowest BCUT2D eigenvalue weighted by atomic mass is 9.61. The van der Waals surface area contributed by atoms with Crippen molar-refractivity contribution < 1.29 is 0 Å². The summed E-state index contributed by atoms with van der Waals surface area (Å²) < 4.78 is 0. The maximum atomic E-state index is 4.37. The molecule has 0 amide bonds. The van der Waals surface area contributed by atoms with E-state index in [0.717, 1.165) is 0 Å². The van der Waals surface area contributed by atoms with Crippen molar-refractivity contribution in [1.29, 1.82) is 0 Å². The summed E-state index contributed by atoms with van der Waals surface area (Å²) in [5.41, 5.74) is -0.0451. The molecule has 1 aliphatic rings. The minimum Gasteiger partial charge on any atom is -0.176 e. The van der Waals surface area contributed by atoms with Gasteiger partial charge in [-0.05, 0) is 16.9 Å². The second-order valence-electron chi connectivity index (χ2n) is 5.74. The number of hydrogen-bond donors (Lipinski definition) is 0. The summed E-state index contributed by atoms with van der Waals surface area (Å²) in [6.45, 7) is 13.2. The van der Waals surface area contributed by atoms with E-state index in [4.69, 9.17) is 0 Å². The van der Waals surface area contributed by atoms with Crippen molar-refractivity contribution in [1.82, 2.24) is 0 Å². The number of hydrogen-bond acceptors (Lipinski definition) is 2. The van der Waals surface area contributed by atoms with Gasteiger partial charge in [-0.25, -0.2) is 0 Å². The molecule has 73 valence electrons. The molecule has 0 aromatic rings. The Morgan fingerprint density at radius 1 is 1.00 bits per heavy atom. The Morgan fingerprint density at radius 2 is 1.46 bits per heavy atom. The summed E-state index contributed by atoms with van der Waals surface area (Å²) in [6.07, 6.45) is 4.87. The van der Waals surface area contributed by atoms with E-state index >= 15 is 0 Å². The van der Waals surface area contributed by atoms with Gasteiger partial charge in [-0.15, -0.1) is 0 Å². The van der Waals surface area contributed by atoms with Crippen LogP contribution in [0.1, 0.15) is 41.5 Å². The van der Waals surface area contributed by atoms with Crippen molar-refractivity contribution in [2.45, 2.75) is 47.1 Å². The van der Waals surface area contributed by atoms with Crippen molar-refractivity contribution >= 4 is 0 Å². The van der Waals surface area contributed by atoms with E-state index in [-0.39, 0.29) is 16.4 Å². The van der Waals surface area contributed by atoms with Gasteiger partial charge in [-0.1, -0.05) is 41.5 Å². The monoisotopic (exact) mass is 179 g/mol. The maximum absolute atomic E-state index is 4.37. The van der Waals surface area contributed by atoms with Gasteiger partial charge in [0.2, 0.25) is 0 Å². The summed E-state index contributed by atoms with van der Waals surface area (Å²) in [5.74, 6) is 0. The lowest BCUT2D eigenvalue weighted by Crippen LogP contribution is -2.48. The van der Waals surface area contributed by atoms with E-state index in [2.05, 4.69) is 58.0 Å². The molecule has 2 heteroatoms. The topological polar surface area (TPSA) is 24.7 Å². The van der Waals surface area contributed by atoms with Crippen LogP contribution in [0.25, 0.3) is 0 Å². The highest BCUT2D eigenvalue weighted by molar-refractivity contribution is 5.18. The van der Waals surface area contributed by atoms with Gasteiger partial charge in [-0.2, -0.15) is 10.2 Å². The van der Waals surface area contributed by atoms with Crippen LogP contribution in [0.15, 0.2) is 16.3 Å². The van der Waals surface area contributed by atoms with E-state index in [1.54, 1.807) is 0 Å². The first kappa shape index (κ1) is 10.4. The molecule has 0 saturated carbocycles. The first-order chi connectivity index (χ1) is 5.71. The third-order valence-electron chi connectivity index (χ3n) is 2.83. The van der Waals surface area contributed by atoms with E-state index in [9.17, 15) is 0 Å². The van der Waals surface area contributed by atoms with Crippen LogP contribution < -0.4 is 0 Å². The average molecular weight is 179 g/mol. The first-order valence-electron chi connectivity index (χ1n) is 4.72. The van der Waals surface area contributed by atoms with Crippen molar-refractivity contribution in [3.63, 3.8) is 0 Å². The van der Waals surface area contributed by atoms with Crippen LogP contribution in [0.3, 0.4) is 0 Å². The smallest absolute Gasteiger partial charge is 0.112 e. The molecule has 0 unspecified atom stereocenters. The predicted octanol–water partition coefficient (Wildman–Crippen LogP) is 3.60. The van der Waals surface area contributed by atoms with Crippen LogP contribution >= 0.6 is 0 Å². The summed E-state index contributed by atoms with van der Waals surface area (Å²) >= 11 is 0. The molecule has 1 heterocycles. The highest BCUT2D eigenvalue weighted by atomic mass is 15.2.